The Labute approximate surface area is 109 Å². The lowest BCUT2D eigenvalue weighted by molar-refractivity contribution is 1.31. The summed E-state index contributed by atoms with van der Waals surface area (Å²) in [5, 5.41) is 12.7. The highest BCUT2D eigenvalue weighted by Gasteiger charge is 2.03. The molecule has 1 N–H and O–H groups in total. The van der Waals surface area contributed by atoms with Crippen molar-refractivity contribution >= 4 is 34.7 Å². The van der Waals surface area contributed by atoms with Crippen LogP contribution in [0.25, 0.3) is 0 Å². The van der Waals surface area contributed by atoms with Gasteiger partial charge in [0.15, 0.2) is 0 Å². The normalized spacial score (nSPS) is 9.71. The third-order valence-corrected chi connectivity index (χ3v) is 2.61. The van der Waals surface area contributed by atoms with Crippen molar-refractivity contribution in [2.24, 2.45) is 0 Å². The van der Waals surface area contributed by atoms with Crippen molar-refractivity contribution in [3.63, 3.8) is 0 Å². The van der Waals surface area contributed by atoms with Crippen LogP contribution in [-0.4, -0.2) is 4.98 Å². The predicted octanol–water partition coefficient (Wildman–Crippen LogP) is 4.00. The van der Waals surface area contributed by atoms with Crippen LogP contribution in [0.1, 0.15) is 5.56 Å². The zero-order chi connectivity index (χ0) is 12.3. The molecule has 0 unspecified atom stereocenters. The highest BCUT2D eigenvalue weighted by molar-refractivity contribution is 6.33. The van der Waals surface area contributed by atoms with Gasteiger partial charge in [0.2, 0.25) is 0 Å². The van der Waals surface area contributed by atoms with Crippen LogP contribution in [-0.2, 0) is 0 Å². The molecule has 1 aromatic heterocycles. The van der Waals surface area contributed by atoms with Gasteiger partial charge in [0.05, 0.1) is 22.3 Å². The molecule has 0 spiro atoms. The predicted molar refractivity (Wildman–Crippen MR) is 68.7 cm³/mol. The SMILES string of the molecule is N#Cc1ccc(Cl)c(Nc2cccc(Cl)n2)c1. The first-order chi connectivity index (χ1) is 8.19. The second-order valence-electron chi connectivity index (χ2n) is 3.28. The molecule has 1 heterocycles. The highest BCUT2D eigenvalue weighted by Crippen LogP contribution is 2.26. The summed E-state index contributed by atoms with van der Waals surface area (Å²) in [7, 11) is 0. The number of hydrogen-bond acceptors (Lipinski definition) is 3. The molecule has 84 valence electrons. The average molecular weight is 264 g/mol. The van der Waals surface area contributed by atoms with Gasteiger partial charge in [-0.3, -0.25) is 0 Å². The van der Waals surface area contributed by atoms with Crippen molar-refractivity contribution in [2.45, 2.75) is 0 Å². The topological polar surface area (TPSA) is 48.7 Å². The molecule has 0 saturated heterocycles. The smallest absolute Gasteiger partial charge is 0.132 e. The number of hydrogen-bond donors (Lipinski definition) is 1. The molecular weight excluding hydrogens is 257 g/mol. The van der Waals surface area contributed by atoms with Crippen LogP contribution >= 0.6 is 23.2 Å². The number of pyridine rings is 1. The molecular formula is C12H7Cl2N3. The molecule has 3 nitrogen and oxygen atoms in total. The Morgan fingerprint density at radius 3 is 2.71 bits per heavy atom. The van der Waals surface area contributed by atoms with E-state index in [9.17, 15) is 0 Å². The van der Waals surface area contributed by atoms with Gasteiger partial charge in [-0.25, -0.2) is 4.98 Å². The standard InChI is InChI=1S/C12H7Cl2N3/c13-9-5-4-8(7-15)6-10(9)16-12-3-1-2-11(14)17-12/h1-6H,(H,16,17). The number of anilines is 2. The number of rotatable bonds is 2. The number of aromatic nitrogens is 1. The van der Waals surface area contributed by atoms with Gasteiger partial charge in [0.1, 0.15) is 11.0 Å². The molecule has 0 saturated carbocycles. The summed E-state index contributed by atoms with van der Waals surface area (Å²) in [5.41, 5.74) is 1.15. The van der Waals surface area contributed by atoms with Crippen LogP contribution in [0.15, 0.2) is 36.4 Å². The van der Waals surface area contributed by atoms with E-state index in [1.165, 1.54) is 0 Å². The quantitative estimate of drug-likeness (QED) is 0.834. The highest BCUT2D eigenvalue weighted by atomic mass is 35.5. The van der Waals surface area contributed by atoms with Gasteiger partial charge in [-0.05, 0) is 30.3 Å². The Kier molecular flexibility index (Phi) is 3.48. The van der Waals surface area contributed by atoms with Crippen molar-refractivity contribution < 1.29 is 0 Å². The molecule has 0 atom stereocenters. The Bertz CT molecular complexity index is 591. The van der Waals surface area contributed by atoms with E-state index in [1.807, 2.05) is 6.07 Å². The monoisotopic (exact) mass is 263 g/mol. The second kappa shape index (κ2) is 5.05. The van der Waals surface area contributed by atoms with E-state index in [0.717, 1.165) is 0 Å². The van der Waals surface area contributed by atoms with Crippen molar-refractivity contribution in [3.05, 3.63) is 52.1 Å². The zero-order valence-corrected chi connectivity index (χ0v) is 10.1. The molecule has 2 aromatic rings. The fraction of sp³-hybridized carbons (Fsp3) is 0. The van der Waals surface area contributed by atoms with E-state index in [4.69, 9.17) is 28.5 Å². The molecule has 0 fully saturated rings. The Morgan fingerprint density at radius 1 is 1.18 bits per heavy atom. The molecule has 0 radical (unpaired) electrons. The van der Waals surface area contributed by atoms with Crippen LogP contribution in [0.2, 0.25) is 10.2 Å². The summed E-state index contributed by atoms with van der Waals surface area (Å²) in [4.78, 5) is 4.08. The van der Waals surface area contributed by atoms with Gasteiger partial charge in [-0.2, -0.15) is 5.26 Å². The summed E-state index contributed by atoms with van der Waals surface area (Å²) >= 11 is 11.8. The van der Waals surface area contributed by atoms with Gasteiger partial charge in [-0.1, -0.05) is 29.3 Å². The number of benzene rings is 1. The maximum Gasteiger partial charge on any atom is 0.132 e. The first-order valence-electron chi connectivity index (χ1n) is 4.78. The molecule has 0 aliphatic heterocycles. The van der Waals surface area contributed by atoms with Crippen LogP contribution in [0.4, 0.5) is 11.5 Å². The lowest BCUT2D eigenvalue weighted by Gasteiger charge is -2.07. The zero-order valence-electron chi connectivity index (χ0n) is 8.61. The van der Waals surface area contributed by atoms with Gasteiger partial charge in [-0.15, -0.1) is 0 Å². The van der Waals surface area contributed by atoms with E-state index < -0.39 is 0 Å². The van der Waals surface area contributed by atoms with Crippen LogP contribution in [0.3, 0.4) is 0 Å². The fourth-order valence-electron chi connectivity index (χ4n) is 1.31. The summed E-state index contributed by atoms with van der Waals surface area (Å²) < 4.78 is 0. The lowest BCUT2D eigenvalue weighted by atomic mass is 10.2. The maximum absolute atomic E-state index is 8.81. The minimum atomic E-state index is 0.391. The number of nitrogens with zero attached hydrogens (tertiary/aromatic N) is 2. The molecule has 5 heteroatoms. The molecule has 0 aliphatic rings. The Balaban J connectivity index is 2.33. The van der Waals surface area contributed by atoms with E-state index in [2.05, 4.69) is 10.3 Å². The maximum atomic E-state index is 8.81. The summed E-state index contributed by atoms with van der Waals surface area (Å²) in [6, 6.07) is 12.2. The summed E-state index contributed by atoms with van der Waals surface area (Å²) in [5.74, 6) is 0.578. The third kappa shape index (κ3) is 2.88. The van der Waals surface area contributed by atoms with E-state index in [1.54, 1.807) is 36.4 Å². The lowest BCUT2D eigenvalue weighted by Crippen LogP contribution is -1.94. The summed E-state index contributed by atoms with van der Waals surface area (Å²) in [6.45, 7) is 0. The number of nitriles is 1. The first kappa shape index (κ1) is 11.7. The van der Waals surface area contributed by atoms with Crippen LogP contribution in [0, 0.1) is 11.3 Å². The summed E-state index contributed by atoms with van der Waals surface area (Å²) in [6.07, 6.45) is 0. The van der Waals surface area contributed by atoms with Gasteiger partial charge >= 0.3 is 0 Å². The molecule has 17 heavy (non-hydrogen) atoms. The Hall–Kier alpha value is -1.76. The van der Waals surface area contributed by atoms with Gasteiger partial charge < -0.3 is 5.32 Å². The largest absolute Gasteiger partial charge is 0.339 e. The van der Waals surface area contributed by atoms with Gasteiger partial charge in [0, 0.05) is 0 Å². The van der Waals surface area contributed by atoms with E-state index >= 15 is 0 Å². The minimum absolute atomic E-state index is 0.391. The molecule has 0 aliphatic carbocycles. The third-order valence-electron chi connectivity index (χ3n) is 2.07. The molecule has 0 amide bonds. The number of halogens is 2. The van der Waals surface area contributed by atoms with Crippen molar-refractivity contribution in [3.8, 4) is 6.07 Å². The van der Waals surface area contributed by atoms with E-state index in [0.29, 0.717) is 27.2 Å². The first-order valence-corrected chi connectivity index (χ1v) is 5.54. The van der Waals surface area contributed by atoms with Crippen LogP contribution in [0.5, 0.6) is 0 Å². The molecule has 2 rings (SSSR count). The van der Waals surface area contributed by atoms with Crippen molar-refractivity contribution in [1.82, 2.24) is 4.98 Å². The minimum Gasteiger partial charge on any atom is -0.339 e. The average Bonchev–Trinajstić information content (AvgIpc) is 2.32. The molecule has 0 bridgehead atoms. The Morgan fingerprint density at radius 2 is 2.00 bits per heavy atom. The van der Waals surface area contributed by atoms with Gasteiger partial charge in [0.25, 0.3) is 0 Å². The van der Waals surface area contributed by atoms with Crippen molar-refractivity contribution in [2.75, 3.05) is 5.32 Å². The fourth-order valence-corrected chi connectivity index (χ4v) is 1.64. The van der Waals surface area contributed by atoms with E-state index in [-0.39, 0.29) is 0 Å². The van der Waals surface area contributed by atoms with Crippen LogP contribution < -0.4 is 5.32 Å². The molecule has 1 aromatic carbocycles. The second-order valence-corrected chi connectivity index (χ2v) is 4.07. The van der Waals surface area contributed by atoms with Crippen molar-refractivity contribution in [1.29, 1.82) is 5.26 Å². The number of nitrogens with one attached hydrogen (secondary N) is 1.